The van der Waals surface area contributed by atoms with Crippen molar-refractivity contribution < 1.29 is 76.3 Å². The second-order valence-corrected chi connectivity index (χ2v) is 12.0. The fraction of sp³-hybridized carbons (Fsp3) is 0.474. The molecule has 0 heterocycles. The van der Waals surface area contributed by atoms with Crippen molar-refractivity contribution >= 4 is 48.0 Å². The summed E-state index contributed by atoms with van der Waals surface area (Å²) in [6.45, 7) is 4.03. The number of ether oxygens (including phenoxy) is 8. The van der Waals surface area contributed by atoms with Crippen LogP contribution in [0.25, 0.3) is 0 Å². The summed E-state index contributed by atoms with van der Waals surface area (Å²) in [5, 5.41) is 4.42. The summed E-state index contributed by atoms with van der Waals surface area (Å²) in [6.07, 6.45) is -4.86. The van der Waals surface area contributed by atoms with Crippen LogP contribution in [0.1, 0.15) is 64.5 Å². The van der Waals surface area contributed by atoms with Crippen LogP contribution in [0.3, 0.4) is 0 Å². The van der Waals surface area contributed by atoms with Gasteiger partial charge in [0.15, 0.2) is 24.4 Å². The first-order chi connectivity index (χ1) is 26.7. The highest BCUT2D eigenvalue weighted by Gasteiger charge is 2.27. The second-order valence-electron chi connectivity index (χ2n) is 12.0. The molecule has 0 saturated carbocycles. The maximum Gasteiger partial charge on any atom is 0.407 e. The predicted octanol–water partition coefficient (Wildman–Crippen LogP) is 3.21. The third kappa shape index (κ3) is 19.8. The van der Waals surface area contributed by atoms with Crippen molar-refractivity contribution in [2.45, 2.75) is 91.0 Å². The highest BCUT2D eigenvalue weighted by molar-refractivity contribution is 5.85. The molecule has 0 fully saturated rings. The van der Waals surface area contributed by atoms with E-state index in [1.807, 2.05) is 12.1 Å². The SMILES string of the molecule is CC(OC(=O)CNC(=O)OCc1ccccc1)C(=O)OC(C)C(=O)OCCCCCCOC(=O)C(C)OC(=O)C(C)OC(=O)CNC(=O)OCc1ccccc1. The summed E-state index contributed by atoms with van der Waals surface area (Å²) in [5.74, 6) is -5.45. The Labute approximate surface area is 323 Å². The number of carbonyl (C=O) groups is 8. The molecule has 0 bridgehead atoms. The minimum absolute atomic E-state index is 0.00172. The maximum atomic E-state index is 12.3. The van der Waals surface area contributed by atoms with E-state index in [0.717, 1.165) is 11.1 Å². The zero-order valence-electron chi connectivity index (χ0n) is 31.7. The van der Waals surface area contributed by atoms with Gasteiger partial charge in [-0.15, -0.1) is 0 Å². The first kappa shape index (κ1) is 46.0. The summed E-state index contributed by atoms with van der Waals surface area (Å²) in [5.41, 5.74) is 1.51. The number of amides is 2. The monoisotopic (exact) mass is 788 g/mol. The van der Waals surface area contributed by atoms with Gasteiger partial charge in [-0.3, -0.25) is 9.59 Å². The van der Waals surface area contributed by atoms with E-state index in [9.17, 15) is 38.4 Å². The molecule has 0 saturated heterocycles. The number of hydrogen-bond donors (Lipinski definition) is 2. The number of unbranched alkanes of at least 4 members (excludes halogenated alkanes) is 3. The van der Waals surface area contributed by atoms with Gasteiger partial charge in [0.25, 0.3) is 0 Å². The van der Waals surface area contributed by atoms with Crippen LogP contribution in [0.4, 0.5) is 9.59 Å². The van der Waals surface area contributed by atoms with E-state index in [0.29, 0.717) is 25.7 Å². The Balaban J connectivity index is 1.49. The standard InChI is InChI=1S/C38H48N2O16/c1-25(55-35(45)27(3)53-31(41)21-39-37(47)51-23-29-15-9-7-10-16-29)33(43)49-19-13-5-6-14-20-50-34(44)26(2)56-36(46)28(4)54-32(42)22-40-38(48)52-24-30-17-11-8-12-18-30/h7-12,15-18,25-28H,5-6,13-14,19-24H2,1-4H3,(H,39,47)(H,40,48). The molecule has 0 spiro atoms. The Morgan fingerprint density at radius 3 is 1.14 bits per heavy atom. The molecule has 0 aliphatic rings. The van der Waals surface area contributed by atoms with E-state index in [1.54, 1.807) is 48.5 Å². The van der Waals surface area contributed by atoms with Crippen LogP contribution >= 0.6 is 0 Å². The van der Waals surface area contributed by atoms with Gasteiger partial charge in [-0.05, 0) is 64.5 Å². The molecule has 0 aliphatic carbocycles. The van der Waals surface area contributed by atoms with Gasteiger partial charge in [0.05, 0.1) is 13.2 Å². The molecule has 306 valence electrons. The lowest BCUT2D eigenvalue weighted by molar-refractivity contribution is -0.176. The fourth-order valence-corrected chi connectivity index (χ4v) is 4.19. The van der Waals surface area contributed by atoms with Gasteiger partial charge < -0.3 is 48.5 Å². The van der Waals surface area contributed by atoms with Crippen LogP contribution in [0.2, 0.25) is 0 Å². The molecule has 2 N–H and O–H groups in total. The van der Waals surface area contributed by atoms with Gasteiger partial charge in [-0.1, -0.05) is 60.7 Å². The molecular formula is C38H48N2O16. The molecule has 2 amide bonds. The van der Waals surface area contributed by atoms with Crippen LogP contribution < -0.4 is 10.6 Å². The average molecular weight is 789 g/mol. The number of hydrogen-bond acceptors (Lipinski definition) is 16. The first-order valence-corrected chi connectivity index (χ1v) is 17.8. The van der Waals surface area contributed by atoms with E-state index < -0.39 is 85.5 Å². The van der Waals surface area contributed by atoms with Crippen molar-refractivity contribution in [3.8, 4) is 0 Å². The number of alkyl carbamates (subject to hydrolysis) is 2. The Morgan fingerprint density at radius 1 is 0.446 bits per heavy atom. The minimum Gasteiger partial charge on any atom is -0.463 e. The lowest BCUT2D eigenvalue weighted by Crippen LogP contribution is -2.36. The van der Waals surface area contributed by atoms with Crippen molar-refractivity contribution in [2.24, 2.45) is 0 Å². The summed E-state index contributed by atoms with van der Waals surface area (Å²) >= 11 is 0. The molecular weight excluding hydrogens is 740 g/mol. The van der Waals surface area contributed by atoms with Crippen molar-refractivity contribution in [1.82, 2.24) is 10.6 Å². The van der Waals surface area contributed by atoms with Crippen LogP contribution in [0.5, 0.6) is 0 Å². The Bertz CT molecular complexity index is 1470. The van der Waals surface area contributed by atoms with Gasteiger partial charge >= 0.3 is 48.0 Å². The molecule has 0 aliphatic heterocycles. The molecule has 18 heteroatoms. The van der Waals surface area contributed by atoms with Crippen LogP contribution in [-0.2, 0) is 79.9 Å². The number of nitrogens with one attached hydrogen (secondary N) is 2. The van der Waals surface area contributed by atoms with E-state index in [2.05, 4.69) is 10.6 Å². The van der Waals surface area contributed by atoms with Gasteiger partial charge in [0.2, 0.25) is 0 Å². The van der Waals surface area contributed by atoms with Gasteiger partial charge in [-0.2, -0.15) is 0 Å². The predicted molar refractivity (Wildman–Crippen MR) is 192 cm³/mol. The second kappa shape index (κ2) is 25.8. The third-order valence-corrected chi connectivity index (χ3v) is 7.24. The van der Waals surface area contributed by atoms with Crippen molar-refractivity contribution in [2.75, 3.05) is 26.3 Å². The van der Waals surface area contributed by atoms with E-state index >= 15 is 0 Å². The number of carbonyl (C=O) groups excluding carboxylic acids is 8. The summed E-state index contributed by atoms with van der Waals surface area (Å²) < 4.78 is 40.1. The molecule has 0 radical (unpaired) electrons. The van der Waals surface area contributed by atoms with Gasteiger partial charge in [-0.25, -0.2) is 28.8 Å². The molecule has 2 rings (SSSR count). The maximum absolute atomic E-state index is 12.3. The number of benzene rings is 2. The number of esters is 6. The van der Waals surface area contributed by atoms with Gasteiger partial charge in [0.1, 0.15) is 26.3 Å². The normalized spacial score (nSPS) is 12.6. The number of rotatable bonds is 23. The zero-order valence-corrected chi connectivity index (χ0v) is 31.7. The van der Waals surface area contributed by atoms with Crippen LogP contribution in [0.15, 0.2) is 60.7 Å². The fourth-order valence-electron chi connectivity index (χ4n) is 4.19. The van der Waals surface area contributed by atoms with Crippen LogP contribution in [0, 0.1) is 0 Å². The van der Waals surface area contributed by atoms with Crippen LogP contribution in [-0.4, -0.2) is 98.7 Å². The molecule has 4 atom stereocenters. The van der Waals surface area contributed by atoms with Crippen molar-refractivity contribution in [3.05, 3.63) is 71.8 Å². The smallest absolute Gasteiger partial charge is 0.407 e. The summed E-state index contributed by atoms with van der Waals surface area (Å²) in [4.78, 5) is 96.5. The topological polar surface area (TPSA) is 234 Å². The Kier molecular flexibility index (Phi) is 21.1. The van der Waals surface area contributed by atoms with Crippen molar-refractivity contribution in [3.63, 3.8) is 0 Å². The third-order valence-electron chi connectivity index (χ3n) is 7.24. The molecule has 4 unspecified atom stereocenters. The van der Waals surface area contributed by atoms with Crippen molar-refractivity contribution in [1.29, 1.82) is 0 Å². The molecule has 56 heavy (non-hydrogen) atoms. The van der Waals surface area contributed by atoms with E-state index in [4.69, 9.17) is 37.9 Å². The van der Waals surface area contributed by atoms with E-state index in [1.165, 1.54) is 27.7 Å². The lowest BCUT2D eigenvalue weighted by atomic mass is 10.2. The molecule has 2 aromatic rings. The summed E-state index contributed by atoms with van der Waals surface area (Å²) in [6, 6.07) is 17.8. The zero-order chi connectivity index (χ0) is 41.3. The largest absolute Gasteiger partial charge is 0.463 e. The average Bonchev–Trinajstić information content (AvgIpc) is 3.18. The first-order valence-electron chi connectivity index (χ1n) is 17.8. The lowest BCUT2D eigenvalue weighted by Gasteiger charge is -2.17. The molecule has 0 aromatic heterocycles. The quantitative estimate of drug-likeness (QED) is 0.0934. The molecule has 2 aromatic carbocycles. The highest BCUT2D eigenvalue weighted by Crippen LogP contribution is 2.07. The summed E-state index contributed by atoms with van der Waals surface area (Å²) in [7, 11) is 0. The highest BCUT2D eigenvalue weighted by atomic mass is 16.6. The molecule has 18 nitrogen and oxygen atoms in total. The minimum atomic E-state index is -1.36. The Morgan fingerprint density at radius 2 is 0.786 bits per heavy atom. The van der Waals surface area contributed by atoms with Gasteiger partial charge in [0, 0.05) is 0 Å². The van der Waals surface area contributed by atoms with E-state index in [-0.39, 0.29) is 26.4 Å². The Hall–Kier alpha value is -6.20.